The zero-order valence-electron chi connectivity index (χ0n) is 17.0. The molecule has 8 heteroatoms. The summed E-state index contributed by atoms with van der Waals surface area (Å²) in [4.78, 5) is 24.2. The quantitative estimate of drug-likeness (QED) is 0.722. The molecule has 29 heavy (non-hydrogen) atoms. The molecule has 2 rings (SSSR count). The van der Waals surface area contributed by atoms with Gasteiger partial charge in [0.1, 0.15) is 5.54 Å². The Labute approximate surface area is 176 Å². The van der Waals surface area contributed by atoms with E-state index >= 15 is 0 Å². The van der Waals surface area contributed by atoms with Gasteiger partial charge in [0, 0.05) is 17.5 Å². The molecule has 2 amide bonds. The van der Waals surface area contributed by atoms with E-state index in [1.807, 2.05) is 18.2 Å². The van der Waals surface area contributed by atoms with Crippen LogP contribution in [0.4, 0.5) is 0 Å². The van der Waals surface area contributed by atoms with Crippen LogP contribution in [0.3, 0.4) is 0 Å². The summed E-state index contributed by atoms with van der Waals surface area (Å²) in [6.07, 6.45) is 0. The molecule has 0 aliphatic carbocycles. The highest BCUT2D eigenvalue weighted by Crippen LogP contribution is 2.30. The summed E-state index contributed by atoms with van der Waals surface area (Å²) in [5, 5.41) is 3.11. The maximum Gasteiger partial charge on any atom is 0.264 e. The fourth-order valence-corrected chi connectivity index (χ4v) is 4.47. The summed E-state index contributed by atoms with van der Waals surface area (Å²) in [6, 6.07) is 12.0. The molecule has 0 fully saturated rings. The predicted molar refractivity (Wildman–Crippen MR) is 114 cm³/mol. The van der Waals surface area contributed by atoms with Crippen LogP contribution >= 0.6 is 11.6 Å². The van der Waals surface area contributed by atoms with Gasteiger partial charge in [-0.1, -0.05) is 55.8 Å². The lowest BCUT2D eigenvalue weighted by molar-refractivity contribution is -0.132. The second kappa shape index (κ2) is 8.55. The maximum atomic E-state index is 12.9. The van der Waals surface area contributed by atoms with Crippen molar-refractivity contribution in [2.75, 3.05) is 0 Å². The van der Waals surface area contributed by atoms with Gasteiger partial charge in [0.15, 0.2) is 0 Å². The van der Waals surface area contributed by atoms with Crippen molar-refractivity contribution in [3.05, 3.63) is 53.1 Å². The first-order valence-electron chi connectivity index (χ1n) is 9.10. The molecule has 0 aliphatic rings. The Morgan fingerprint density at radius 2 is 1.72 bits per heavy atom. The lowest BCUT2D eigenvalue weighted by atomic mass is 9.87. The third-order valence-corrected chi connectivity index (χ3v) is 6.76. The van der Waals surface area contributed by atoms with E-state index in [1.54, 1.807) is 39.0 Å². The monoisotopic (exact) mass is 436 g/mol. The minimum absolute atomic E-state index is 0.0180. The summed E-state index contributed by atoms with van der Waals surface area (Å²) in [7, 11) is -4.14. The number of rotatable bonds is 6. The number of halogens is 1. The average Bonchev–Trinajstić information content (AvgIpc) is 2.60. The van der Waals surface area contributed by atoms with Crippen LogP contribution < -0.4 is 10.0 Å². The summed E-state index contributed by atoms with van der Waals surface area (Å²) in [5.41, 5.74) is 0.644. The number of amides is 2. The van der Waals surface area contributed by atoms with E-state index < -0.39 is 27.4 Å². The van der Waals surface area contributed by atoms with E-state index in [4.69, 9.17) is 11.6 Å². The van der Waals surface area contributed by atoms with Gasteiger partial charge in [0.25, 0.3) is 15.9 Å². The van der Waals surface area contributed by atoms with Gasteiger partial charge in [-0.3, -0.25) is 9.59 Å². The van der Waals surface area contributed by atoms with E-state index in [9.17, 15) is 18.0 Å². The van der Waals surface area contributed by atoms with Crippen LogP contribution in [0, 0.1) is 12.8 Å². The van der Waals surface area contributed by atoms with Gasteiger partial charge < -0.3 is 5.32 Å². The van der Waals surface area contributed by atoms with Crippen molar-refractivity contribution in [1.29, 1.82) is 0 Å². The first-order valence-corrected chi connectivity index (χ1v) is 11.0. The number of carbonyl (C=O) groups excluding carboxylic acids is 2. The smallest absolute Gasteiger partial charge is 0.264 e. The van der Waals surface area contributed by atoms with Crippen LogP contribution in [0.1, 0.15) is 33.3 Å². The number of hydrogen-bond donors (Lipinski definition) is 2. The Morgan fingerprint density at radius 1 is 1.10 bits per heavy atom. The first-order chi connectivity index (χ1) is 13.4. The zero-order valence-corrected chi connectivity index (χ0v) is 18.6. The van der Waals surface area contributed by atoms with Gasteiger partial charge in [0.2, 0.25) is 5.91 Å². The molecule has 0 bridgehead atoms. The first kappa shape index (κ1) is 22.9. The molecule has 0 spiro atoms. The van der Waals surface area contributed by atoms with E-state index in [2.05, 4.69) is 10.0 Å². The molecule has 0 saturated carbocycles. The van der Waals surface area contributed by atoms with Crippen LogP contribution in [0.2, 0.25) is 5.02 Å². The Morgan fingerprint density at radius 3 is 2.24 bits per heavy atom. The maximum absolute atomic E-state index is 12.9. The molecular weight excluding hydrogens is 412 g/mol. The molecule has 0 radical (unpaired) electrons. The molecular formula is C21H25ClN2O4S. The molecule has 156 valence electrons. The molecule has 2 aromatic carbocycles. The van der Waals surface area contributed by atoms with E-state index in [0.717, 1.165) is 11.1 Å². The number of carbonyl (C=O) groups is 2. The van der Waals surface area contributed by atoms with Gasteiger partial charge >= 0.3 is 0 Å². The highest BCUT2D eigenvalue weighted by molar-refractivity contribution is 7.90. The van der Waals surface area contributed by atoms with Crippen LogP contribution in [0.15, 0.2) is 47.4 Å². The minimum atomic E-state index is -4.14. The molecule has 1 unspecified atom stereocenters. The topological polar surface area (TPSA) is 92.3 Å². The van der Waals surface area contributed by atoms with Crippen molar-refractivity contribution >= 4 is 33.4 Å². The van der Waals surface area contributed by atoms with Gasteiger partial charge in [-0.15, -0.1) is 0 Å². The Balaban J connectivity index is 2.37. The highest BCUT2D eigenvalue weighted by Gasteiger charge is 2.39. The lowest BCUT2D eigenvalue weighted by Gasteiger charge is -2.32. The van der Waals surface area contributed by atoms with Crippen molar-refractivity contribution in [2.24, 2.45) is 5.92 Å². The third kappa shape index (κ3) is 4.97. The van der Waals surface area contributed by atoms with Crippen molar-refractivity contribution < 1.29 is 18.0 Å². The zero-order chi connectivity index (χ0) is 22.0. The van der Waals surface area contributed by atoms with Crippen molar-refractivity contribution in [2.45, 2.75) is 45.1 Å². The Hall–Kier alpha value is -2.38. The summed E-state index contributed by atoms with van der Waals surface area (Å²) >= 11 is 6.22. The summed E-state index contributed by atoms with van der Waals surface area (Å²) in [6.45, 7) is 7.88. The van der Waals surface area contributed by atoms with Crippen molar-refractivity contribution in [1.82, 2.24) is 10.0 Å². The summed E-state index contributed by atoms with van der Waals surface area (Å²) in [5.74, 6) is -1.54. The molecule has 1 atom stereocenters. The number of nitrogens with one attached hydrogen (secondary N) is 2. The van der Waals surface area contributed by atoms with E-state index in [1.165, 1.54) is 19.9 Å². The SMILES string of the molecule is CC(=O)NC(C)(C(=O)NS(=O)(=O)c1ccc(-c2ccccc2Cl)cc1C)C(C)C. The molecule has 2 N–H and O–H groups in total. The molecule has 2 aromatic rings. The Kier molecular flexibility index (Phi) is 6.75. The molecule has 0 saturated heterocycles. The fraction of sp³-hybridized carbons (Fsp3) is 0.333. The second-order valence-electron chi connectivity index (χ2n) is 7.43. The van der Waals surface area contributed by atoms with Gasteiger partial charge in [-0.05, 0) is 43.0 Å². The molecule has 0 aliphatic heterocycles. The number of aryl methyl sites for hydroxylation is 1. The third-order valence-electron chi connectivity index (χ3n) is 4.94. The highest BCUT2D eigenvalue weighted by atomic mass is 35.5. The predicted octanol–water partition coefficient (Wildman–Crippen LogP) is 3.67. The Bertz CT molecular complexity index is 1050. The van der Waals surface area contributed by atoms with Gasteiger partial charge in [-0.25, -0.2) is 13.1 Å². The molecule has 0 heterocycles. The minimum Gasteiger partial charge on any atom is -0.342 e. The van der Waals surface area contributed by atoms with Crippen molar-refractivity contribution in [3.63, 3.8) is 0 Å². The number of sulfonamides is 1. The van der Waals surface area contributed by atoms with Crippen LogP contribution in [0.5, 0.6) is 0 Å². The molecule has 6 nitrogen and oxygen atoms in total. The standard InChI is InChI=1S/C21H25ClN2O4S/c1-13(2)21(5,23-15(4)25)20(26)24-29(27,28)19-11-10-16(12-14(19)3)17-8-6-7-9-18(17)22/h6-13H,1-5H3,(H,23,25)(H,24,26). The van der Waals surface area contributed by atoms with Gasteiger partial charge in [0.05, 0.1) is 4.90 Å². The van der Waals surface area contributed by atoms with Crippen LogP contribution in [-0.4, -0.2) is 25.8 Å². The van der Waals surface area contributed by atoms with Crippen LogP contribution in [0.25, 0.3) is 11.1 Å². The normalized spacial score (nSPS) is 13.6. The molecule has 0 aromatic heterocycles. The number of benzene rings is 2. The fourth-order valence-electron chi connectivity index (χ4n) is 2.93. The second-order valence-corrected chi connectivity index (χ2v) is 9.49. The summed E-state index contributed by atoms with van der Waals surface area (Å²) < 4.78 is 27.8. The van der Waals surface area contributed by atoms with E-state index in [-0.39, 0.29) is 10.8 Å². The van der Waals surface area contributed by atoms with Crippen molar-refractivity contribution in [3.8, 4) is 11.1 Å². The van der Waals surface area contributed by atoms with E-state index in [0.29, 0.717) is 10.6 Å². The van der Waals surface area contributed by atoms with Crippen LogP contribution in [-0.2, 0) is 19.6 Å². The lowest BCUT2D eigenvalue weighted by Crippen LogP contribution is -2.60. The number of hydrogen-bond acceptors (Lipinski definition) is 4. The largest absolute Gasteiger partial charge is 0.342 e. The average molecular weight is 437 g/mol. The van der Waals surface area contributed by atoms with Gasteiger partial charge in [-0.2, -0.15) is 0 Å².